The highest BCUT2D eigenvalue weighted by Gasteiger charge is 2.40. The van der Waals surface area contributed by atoms with Crippen molar-refractivity contribution in [3.8, 4) is 0 Å². The van der Waals surface area contributed by atoms with Crippen molar-refractivity contribution in [2.24, 2.45) is 5.92 Å². The van der Waals surface area contributed by atoms with Crippen LogP contribution in [0.2, 0.25) is 18.1 Å². The summed E-state index contributed by atoms with van der Waals surface area (Å²) in [5.41, 5.74) is 2.24. The Morgan fingerprint density at radius 3 is 2.34 bits per heavy atom. The van der Waals surface area contributed by atoms with Gasteiger partial charge in [-0.3, -0.25) is 9.78 Å². The number of aliphatic hydroxyl groups excluding tert-OH is 1. The molecule has 0 aliphatic carbocycles. The van der Waals surface area contributed by atoms with Gasteiger partial charge in [-0.15, -0.1) is 0 Å². The Hall–Kier alpha value is -2.02. The van der Waals surface area contributed by atoms with E-state index in [4.69, 9.17) is 4.43 Å². The number of carbonyl (C=O) groups is 1. The van der Waals surface area contributed by atoms with Gasteiger partial charge in [0.25, 0.3) is 0 Å². The third kappa shape index (κ3) is 5.75. The lowest BCUT2D eigenvalue weighted by molar-refractivity contribution is -0.142. The molecule has 29 heavy (non-hydrogen) atoms. The molecule has 1 aromatic carbocycles. The third-order valence-electron chi connectivity index (χ3n) is 5.74. The molecule has 1 heterocycles. The zero-order valence-electron chi connectivity index (χ0n) is 18.4. The molecule has 3 atom stereocenters. The largest absolute Gasteiger partial charge is 0.481 e. The molecule has 6 heteroatoms. The second-order valence-electron chi connectivity index (χ2n) is 9.17. The highest BCUT2D eigenvalue weighted by Crippen LogP contribution is 2.38. The van der Waals surface area contributed by atoms with Crippen LogP contribution >= 0.6 is 0 Å². The van der Waals surface area contributed by atoms with Crippen molar-refractivity contribution in [2.75, 3.05) is 0 Å². The van der Waals surface area contributed by atoms with Gasteiger partial charge in [0.05, 0.1) is 29.3 Å². The second-order valence-corrected chi connectivity index (χ2v) is 13.9. The molecule has 1 unspecified atom stereocenters. The van der Waals surface area contributed by atoms with Crippen LogP contribution in [0.3, 0.4) is 0 Å². The number of nitrogens with zero attached hydrogens (tertiary/aromatic N) is 1. The van der Waals surface area contributed by atoms with E-state index in [9.17, 15) is 15.0 Å². The average Bonchev–Trinajstić information content (AvgIpc) is 2.59. The summed E-state index contributed by atoms with van der Waals surface area (Å²) in [5.74, 6) is -1.64. The molecule has 0 fully saturated rings. The van der Waals surface area contributed by atoms with Gasteiger partial charge in [-0.1, -0.05) is 51.1 Å². The molecule has 0 amide bonds. The number of aliphatic hydroxyl groups is 1. The lowest BCUT2D eigenvalue weighted by Crippen LogP contribution is -2.45. The van der Waals surface area contributed by atoms with Crippen LogP contribution in [0, 0.1) is 5.92 Å². The number of benzene rings is 1. The molecular weight excluding hydrogens is 382 g/mol. The molecule has 0 saturated heterocycles. The van der Waals surface area contributed by atoms with Crippen molar-refractivity contribution in [2.45, 2.75) is 65.0 Å². The molecule has 0 saturated carbocycles. The number of carboxylic acid groups (broad SMARTS) is 1. The van der Waals surface area contributed by atoms with Crippen molar-refractivity contribution in [3.63, 3.8) is 0 Å². The molecule has 0 radical (unpaired) electrons. The summed E-state index contributed by atoms with van der Waals surface area (Å²) < 4.78 is 6.29. The quantitative estimate of drug-likeness (QED) is 0.591. The number of fused-ring (bicyclic) bond motifs is 1. The fraction of sp³-hybridized carbons (Fsp3) is 0.478. The molecule has 5 nitrogen and oxygen atoms in total. The van der Waals surface area contributed by atoms with Crippen LogP contribution in [-0.4, -0.2) is 35.6 Å². The van der Waals surface area contributed by atoms with Crippen molar-refractivity contribution in [3.05, 3.63) is 47.7 Å². The first-order valence-electron chi connectivity index (χ1n) is 9.99. The van der Waals surface area contributed by atoms with Crippen molar-refractivity contribution >= 4 is 31.3 Å². The van der Waals surface area contributed by atoms with Gasteiger partial charge < -0.3 is 14.6 Å². The second kappa shape index (κ2) is 8.77. The van der Waals surface area contributed by atoms with Crippen LogP contribution in [0.1, 0.15) is 52.0 Å². The first-order chi connectivity index (χ1) is 13.3. The Morgan fingerprint density at radius 2 is 1.79 bits per heavy atom. The number of rotatable bonds is 7. The standard InChI is InChI=1S/C23H33NO4Si/c1-15(25)20-13-11-18-10-8-17(14-21(18)24-20)9-12-19(22(26)27)16(2)28-29(6,7)23(3,4)5/h8-16,19,25H,1-7H3,(H,26,27)/b12-9+/t15-,16?,19-/m1/s1. The molecule has 0 bridgehead atoms. The maximum Gasteiger partial charge on any atom is 0.312 e. The van der Waals surface area contributed by atoms with Gasteiger partial charge in [0, 0.05) is 5.39 Å². The van der Waals surface area contributed by atoms with Gasteiger partial charge in [0.1, 0.15) is 0 Å². The Morgan fingerprint density at radius 1 is 1.17 bits per heavy atom. The maximum atomic E-state index is 11.9. The summed E-state index contributed by atoms with van der Waals surface area (Å²) in [7, 11) is -2.07. The number of aromatic nitrogens is 1. The van der Waals surface area contributed by atoms with Crippen LogP contribution < -0.4 is 0 Å². The minimum Gasteiger partial charge on any atom is -0.481 e. The topological polar surface area (TPSA) is 79.7 Å². The molecule has 2 rings (SSSR count). The zero-order chi connectivity index (χ0) is 22.0. The van der Waals surface area contributed by atoms with Gasteiger partial charge >= 0.3 is 5.97 Å². The Kier molecular flexibility index (Phi) is 7.04. The van der Waals surface area contributed by atoms with Crippen molar-refractivity contribution < 1.29 is 19.4 Å². The first-order valence-corrected chi connectivity index (χ1v) is 12.9. The van der Waals surface area contributed by atoms with E-state index >= 15 is 0 Å². The molecule has 1 aromatic heterocycles. The Bertz CT molecular complexity index is 899. The molecule has 0 spiro atoms. The number of pyridine rings is 1. The Balaban J connectivity index is 2.27. The number of carboxylic acids is 1. The van der Waals surface area contributed by atoms with Crippen molar-refractivity contribution in [1.82, 2.24) is 4.98 Å². The molecule has 2 N–H and O–H groups in total. The van der Waals surface area contributed by atoms with Crippen LogP contribution in [0.25, 0.3) is 17.0 Å². The minimum atomic E-state index is -2.07. The highest BCUT2D eigenvalue weighted by molar-refractivity contribution is 6.74. The summed E-state index contributed by atoms with van der Waals surface area (Å²) in [4.78, 5) is 16.4. The number of aliphatic carboxylic acids is 1. The fourth-order valence-corrected chi connectivity index (χ4v) is 4.29. The molecular formula is C23H33NO4Si. The van der Waals surface area contributed by atoms with Crippen LogP contribution in [-0.2, 0) is 9.22 Å². The predicted molar refractivity (Wildman–Crippen MR) is 120 cm³/mol. The van der Waals surface area contributed by atoms with E-state index in [0.29, 0.717) is 5.69 Å². The Labute approximate surface area is 174 Å². The molecule has 2 aromatic rings. The van der Waals surface area contributed by atoms with Crippen LogP contribution in [0.4, 0.5) is 0 Å². The maximum absolute atomic E-state index is 11.9. The lowest BCUT2D eigenvalue weighted by atomic mass is 10.0. The van der Waals surface area contributed by atoms with Gasteiger partial charge in [-0.05, 0) is 49.7 Å². The predicted octanol–water partition coefficient (Wildman–Crippen LogP) is 5.41. The molecule has 158 valence electrons. The summed E-state index contributed by atoms with van der Waals surface area (Å²) in [6.07, 6.45) is 2.44. The van der Waals surface area contributed by atoms with E-state index in [0.717, 1.165) is 16.5 Å². The summed E-state index contributed by atoms with van der Waals surface area (Å²) in [6, 6.07) is 9.51. The van der Waals surface area contributed by atoms with Gasteiger partial charge in [-0.25, -0.2) is 0 Å². The van der Waals surface area contributed by atoms with Crippen molar-refractivity contribution in [1.29, 1.82) is 0 Å². The monoisotopic (exact) mass is 415 g/mol. The normalized spacial score (nSPS) is 16.1. The lowest BCUT2D eigenvalue weighted by Gasteiger charge is -2.39. The van der Waals surface area contributed by atoms with E-state index in [1.807, 2.05) is 37.3 Å². The minimum absolute atomic E-state index is 0.0135. The summed E-state index contributed by atoms with van der Waals surface area (Å²) in [5, 5.41) is 20.5. The smallest absolute Gasteiger partial charge is 0.312 e. The van der Waals surface area contributed by atoms with Gasteiger partial charge in [0.2, 0.25) is 0 Å². The summed E-state index contributed by atoms with van der Waals surface area (Å²) >= 11 is 0. The average molecular weight is 416 g/mol. The first kappa shape index (κ1) is 23.3. The van der Waals surface area contributed by atoms with Crippen LogP contribution in [0.15, 0.2) is 36.4 Å². The number of hydrogen-bond acceptors (Lipinski definition) is 4. The summed E-state index contributed by atoms with van der Waals surface area (Å²) in [6.45, 7) is 14.2. The zero-order valence-corrected chi connectivity index (χ0v) is 19.4. The van der Waals surface area contributed by atoms with Gasteiger partial charge in [0.15, 0.2) is 8.32 Å². The fourth-order valence-electron chi connectivity index (χ4n) is 2.86. The molecule has 0 aliphatic heterocycles. The van der Waals surface area contributed by atoms with E-state index in [1.165, 1.54) is 0 Å². The van der Waals surface area contributed by atoms with E-state index < -0.39 is 32.4 Å². The van der Waals surface area contributed by atoms with Gasteiger partial charge in [-0.2, -0.15) is 0 Å². The van der Waals surface area contributed by atoms with E-state index in [-0.39, 0.29) is 5.04 Å². The van der Waals surface area contributed by atoms with Crippen LogP contribution in [0.5, 0.6) is 0 Å². The van der Waals surface area contributed by atoms with E-state index in [2.05, 4.69) is 38.8 Å². The number of hydrogen-bond donors (Lipinski definition) is 2. The third-order valence-corrected chi connectivity index (χ3v) is 10.3. The molecule has 0 aliphatic rings. The van der Waals surface area contributed by atoms with E-state index in [1.54, 1.807) is 19.1 Å². The SMILES string of the molecule is CC(O[Si](C)(C)C(C)(C)C)[C@@H](/C=C/c1ccc2ccc([C@@H](C)O)nc2c1)C(=O)O. The highest BCUT2D eigenvalue weighted by atomic mass is 28.4.